The summed E-state index contributed by atoms with van der Waals surface area (Å²) in [4.78, 5) is 10.9. The van der Waals surface area contributed by atoms with Crippen LogP contribution in [0.3, 0.4) is 0 Å². The van der Waals surface area contributed by atoms with Crippen LogP contribution in [0.5, 0.6) is 0 Å². The van der Waals surface area contributed by atoms with Crippen LogP contribution in [0.2, 0.25) is 0 Å². The highest BCUT2D eigenvalue weighted by Gasteiger charge is 2.54. The van der Waals surface area contributed by atoms with Gasteiger partial charge in [0.2, 0.25) is 0 Å². The molecule has 3 fully saturated rings. The third-order valence-electron chi connectivity index (χ3n) is 3.76. The number of rotatable bonds is 4. The van der Waals surface area contributed by atoms with Crippen molar-refractivity contribution in [3.05, 3.63) is 0 Å². The molecule has 2 saturated heterocycles. The summed E-state index contributed by atoms with van der Waals surface area (Å²) in [7, 11) is 0. The van der Waals surface area contributed by atoms with Gasteiger partial charge in [0, 0.05) is 5.41 Å². The zero-order valence-corrected chi connectivity index (χ0v) is 8.51. The summed E-state index contributed by atoms with van der Waals surface area (Å²) in [6, 6.07) is 0. The molecular formula is C11H18O2. The van der Waals surface area contributed by atoms with Gasteiger partial charge in [0.05, 0.1) is 12.2 Å². The topological polar surface area (TPSA) is 26.3 Å². The Morgan fingerprint density at radius 1 is 1.62 bits per heavy atom. The predicted octanol–water partition coefficient (Wildman–Crippen LogP) is 2.17. The second-order valence-electron chi connectivity index (χ2n) is 5.07. The second-order valence-corrected chi connectivity index (χ2v) is 5.07. The van der Waals surface area contributed by atoms with Crippen LogP contribution in [-0.2, 0) is 9.53 Å². The summed E-state index contributed by atoms with van der Waals surface area (Å²) < 4.78 is 5.75. The number of hydrogen-bond acceptors (Lipinski definition) is 2. The highest BCUT2D eigenvalue weighted by atomic mass is 16.5. The van der Waals surface area contributed by atoms with Crippen molar-refractivity contribution in [2.45, 2.75) is 45.1 Å². The van der Waals surface area contributed by atoms with E-state index in [1.54, 1.807) is 0 Å². The molecule has 0 N–H and O–H groups in total. The Kier molecular flexibility index (Phi) is 1.99. The normalized spacial score (nSPS) is 40.9. The molecule has 0 spiro atoms. The Morgan fingerprint density at radius 3 is 2.69 bits per heavy atom. The molecule has 74 valence electrons. The number of fused-ring (bicyclic) bond motifs is 1. The van der Waals surface area contributed by atoms with E-state index in [9.17, 15) is 4.79 Å². The quantitative estimate of drug-likeness (QED) is 0.623. The van der Waals surface area contributed by atoms with Gasteiger partial charge in [-0.3, -0.25) is 0 Å². The van der Waals surface area contributed by atoms with Gasteiger partial charge in [-0.05, 0) is 31.6 Å². The fourth-order valence-electron chi connectivity index (χ4n) is 2.70. The van der Waals surface area contributed by atoms with Gasteiger partial charge in [-0.2, -0.15) is 0 Å². The minimum absolute atomic E-state index is 0.0936. The van der Waals surface area contributed by atoms with Gasteiger partial charge < -0.3 is 9.53 Å². The highest BCUT2D eigenvalue weighted by molar-refractivity contribution is 5.58. The summed E-state index contributed by atoms with van der Waals surface area (Å²) in [5.41, 5.74) is -0.0638. The summed E-state index contributed by atoms with van der Waals surface area (Å²) in [5, 5.41) is 0. The molecule has 1 atom stereocenters. The molecule has 0 amide bonds. The van der Waals surface area contributed by atoms with Crippen molar-refractivity contribution in [1.29, 1.82) is 0 Å². The van der Waals surface area contributed by atoms with Crippen molar-refractivity contribution in [3.63, 3.8) is 0 Å². The molecule has 2 nitrogen and oxygen atoms in total. The number of aldehydes is 1. The predicted molar refractivity (Wildman–Crippen MR) is 50.5 cm³/mol. The van der Waals surface area contributed by atoms with E-state index in [0.29, 0.717) is 0 Å². The third kappa shape index (κ3) is 1.41. The van der Waals surface area contributed by atoms with Gasteiger partial charge in [0.15, 0.2) is 0 Å². The molecule has 3 aliphatic rings. The number of carbonyl (C=O) groups is 1. The second kappa shape index (κ2) is 2.81. The summed E-state index contributed by atoms with van der Waals surface area (Å²) in [6.07, 6.45) is 5.34. The standard InChI is InChI=1S/C11H18O2/c1-3-10(2,8-12)7-11-4-9(5-11)6-13-11/h8-9H,3-7H2,1-2H3. The van der Waals surface area contributed by atoms with Crippen LogP contribution in [0.1, 0.15) is 39.5 Å². The van der Waals surface area contributed by atoms with Crippen LogP contribution in [-0.4, -0.2) is 18.5 Å². The van der Waals surface area contributed by atoms with E-state index in [2.05, 4.69) is 6.92 Å². The molecule has 2 bridgehead atoms. The summed E-state index contributed by atoms with van der Waals surface area (Å²) >= 11 is 0. The van der Waals surface area contributed by atoms with Crippen molar-refractivity contribution >= 4 is 6.29 Å². The van der Waals surface area contributed by atoms with Crippen LogP contribution in [0.4, 0.5) is 0 Å². The van der Waals surface area contributed by atoms with Crippen LogP contribution in [0.25, 0.3) is 0 Å². The Bertz CT molecular complexity index is 213. The first-order chi connectivity index (χ1) is 6.11. The molecule has 3 rings (SSSR count). The molecule has 1 unspecified atom stereocenters. The zero-order chi connectivity index (χ0) is 9.53. The van der Waals surface area contributed by atoms with Crippen LogP contribution >= 0.6 is 0 Å². The van der Waals surface area contributed by atoms with Gasteiger partial charge in [-0.15, -0.1) is 0 Å². The zero-order valence-electron chi connectivity index (χ0n) is 8.51. The van der Waals surface area contributed by atoms with Gasteiger partial charge in [0.25, 0.3) is 0 Å². The molecule has 2 heteroatoms. The first-order valence-electron chi connectivity index (χ1n) is 5.22. The van der Waals surface area contributed by atoms with Crippen LogP contribution in [0, 0.1) is 11.3 Å². The Balaban J connectivity index is 2.00. The summed E-state index contributed by atoms with van der Waals surface area (Å²) in [5.74, 6) is 0.799. The average Bonchev–Trinajstić information content (AvgIpc) is 2.62. The van der Waals surface area contributed by atoms with Crippen molar-refractivity contribution < 1.29 is 9.53 Å². The lowest BCUT2D eigenvalue weighted by Crippen LogP contribution is -2.41. The lowest BCUT2D eigenvalue weighted by atomic mass is 9.66. The molecule has 0 aromatic carbocycles. The summed E-state index contributed by atoms with van der Waals surface area (Å²) in [6.45, 7) is 5.05. The lowest BCUT2D eigenvalue weighted by molar-refractivity contribution is -0.121. The average molecular weight is 182 g/mol. The minimum Gasteiger partial charge on any atom is -0.375 e. The Morgan fingerprint density at radius 2 is 2.31 bits per heavy atom. The molecule has 0 aromatic heterocycles. The van der Waals surface area contributed by atoms with Crippen LogP contribution in [0.15, 0.2) is 0 Å². The van der Waals surface area contributed by atoms with E-state index in [0.717, 1.165) is 31.7 Å². The Hall–Kier alpha value is -0.370. The maximum absolute atomic E-state index is 10.9. The molecule has 2 heterocycles. The monoisotopic (exact) mass is 182 g/mol. The van der Waals surface area contributed by atoms with E-state index in [1.165, 1.54) is 12.8 Å². The lowest BCUT2D eigenvalue weighted by Gasteiger charge is -2.40. The van der Waals surface area contributed by atoms with Gasteiger partial charge >= 0.3 is 0 Å². The van der Waals surface area contributed by atoms with Gasteiger partial charge in [-0.25, -0.2) is 0 Å². The van der Waals surface area contributed by atoms with Crippen molar-refractivity contribution in [2.24, 2.45) is 11.3 Å². The van der Waals surface area contributed by atoms with E-state index < -0.39 is 0 Å². The van der Waals surface area contributed by atoms with E-state index >= 15 is 0 Å². The van der Waals surface area contributed by atoms with E-state index in [1.807, 2.05) is 6.92 Å². The SMILES string of the molecule is CCC(C)(C=O)CC12CC(CO1)C2. The maximum Gasteiger partial charge on any atom is 0.125 e. The molecule has 13 heavy (non-hydrogen) atoms. The maximum atomic E-state index is 10.9. The van der Waals surface area contributed by atoms with E-state index in [-0.39, 0.29) is 11.0 Å². The molecule has 2 aliphatic heterocycles. The molecular weight excluding hydrogens is 164 g/mol. The highest BCUT2D eigenvalue weighted by Crippen LogP contribution is 2.53. The van der Waals surface area contributed by atoms with E-state index in [4.69, 9.17) is 4.74 Å². The molecule has 1 aliphatic carbocycles. The number of hydrogen-bond donors (Lipinski definition) is 0. The van der Waals surface area contributed by atoms with Gasteiger partial charge in [-0.1, -0.05) is 13.8 Å². The fourth-order valence-corrected chi connectivity index (χ4v) is 2.70. The molecule has 1 saturated carbocycles. The van der Waals surface area contributed by atoms with Gasteiger partial charge in [0.1, 0.15) is 6.29 Å². The molecule has 0 radical (unpaired) electrons. The smallest absolute Gasteiger partial charge is 0.125 e. The number of ether oxygens (including phenoxy) is 1. The first kappa shape index (κ1) is 9.20. The fraction of sp³-hybridized carbons (Fsp3) is 0.909. The largest absolute Gasteiger partial charge is 0.375 e. The molecule has 0 aromatic rings. The van der Waals surface area contributed by atoms with Crippen molar-refractivity contribution in [3.8, 4) is 0 Å². The minimum atomic E-state index is -0.157. The van der Waals surface area contributed by atoms with Crippen molar-refractivity contribution in [1.82, 2.24) is 0 Å². The van der Waals surface area contributed by atoms with Crippen molar-refractivity contribution in [2.75, 3.05) is 6.61 Å². The van der Waals surface area contributed by atoms with Crippen LogP contribution < -0.4 is 0 Å². The number of carbonyl (C=O) groups excluding carboxylic acids is 1. The Labute approximate surface area is 79.7 Å². The first-order valence-corrected chi connectivity index (χ1v) is 5.22. The third-order valence-corrected chi connectivity index (χ3v) is 3.76.